The summed E-state index contributed by atoms with van der Waals surface area (Å²) in [5, 5.41) is 3.54. The number of aromatic nitrogens is 2. The minimum Gasteiger partial charge on any atom is -0.378 e. The first-order valence-corrected chi connectivity index (χ1v) is 12.0. The van der Waals surface area contributed by atoms with Gasteiger partial charge in [0.25, 0.3) is 5.91 Å². The molecule has 1 aromatic carbocycles. The van der Waals surface area contributed by atoms with E-state index in [9.17, 15) is 9.59 Å². The number of morpholine rings is 1. The van der Waals surface area contributed by atoms with Crippen LogP contribution in [0, 0.1) is 0 Å². The van der Waals surface area contributed by atoms with Gasteiger partial charge in [0.1, 0.15) is 5.82 Å². The number of nitrogens with zero attached hydrogens (tertiary/aromatic N) is 4. The van der Waals surface area contributed by atoms with Crippen LogP contribution in [-0.4, -0.2) is 59.0 Å². The van der Waals surface area contributed by atoms with Crippen molar-refractivity contribution in [1.29, 1.82) is 0 Å². The predicted octanol–water partition coefficient (Wildman–Crippen LogP) is 3.91. The molecular formula is C27H29N5O3. The highest BCUT2D eigenvalue weighted by atomic mass is 16.5. The summed E-state index contributed by atoms with van der Waals surface area (Å²) in [6.45, 7) is 6.00. The van der Waals surface area contributed by atoms with Crippen LogP contribution in [0.15, 0.2) is 60.9 Å². The second kappa shape index (κ2) is 9.84. The molecule has 180 valence electrons. The molecule has 1 saturated heterocycles. The molecule has 2 unspecified atom stereocenters. The zero-order chi connectivity index (χ0) is 24.4. The standard InChI is InChI=1S/C27H29N5O3/c1-18-15-24(30-26-5-3-4-10-28-26)22-16-20(7-9-25(22)32(18)19(2)33)23-8-6-21(17-29-23)27(34)31-11-13-35-14-12-31/h3-10,16-18,24H,11-15H2,1-2H3,(H,28,30). The molecule has 8 heteroatoms. The number of hydrogen-bond donors (Lipinski definition) is 1. The molecule has 1 fully saturated rings. The first-order valence-electron chi connectivity index (χ1n) is 12.0. The number of carbonyl (C=O) groups is 2. The molecule has 35 heavy (non-hydrogen) atoms. The van der Waals surface area contributed by atoms with Gasteiger partial charge < -0.3 is 19.9 Å². The van der Waals surface area contributed by atoms with Gasteiger partial charge in [-0.3, -0.25) is 14.6 Å². The van der Waals surface area contributed by atoms with Crippen LogP contribution >= 0.6 is 0 Å². The van der Waals surface area contributed by atoms with Crippen LogP contribution in [0.2, 0.25) is 0 Å². The molecule has 5 rings (SSSR count). The lowest BCUT2D eigenvalue weighted by Crippen LogP contribution is -2.43. The van der Waals surface area contributed by atoms with Crippen molar-refractivity contribution in [2.45, 2.75) is 32.4 Å². The summed E-state index contributed by atoms with van der Waals surface area (Å²) in [5.41, 5.74) is 4.19. The number of carbonyl (C=O) groups excluding carboxylic acids is 2. The fraction of sp³-hybridized carbons (Fsp3) is 0.333. The van der Waals surface area contributed by atoms with Gasteiger partial charge >= 0.3 is 0 Å². The maximum Gasteiger partial charge on any atom is 0.255 e. The summed E-state index contributed by atoms with van der Waals surface area (Å²) in [5.74, 6) is 0.789. The molecule has 0 spiro atoms. The molecule has 0 aliphatic carbocycles. The summed E-state index contributed by atoms with van der Waals surface area (Å²) < 4.78 is 5.34. The molecule has 2 aliphatic heterocycles. The fourth-order valence-corrected chi connectivity index (χ4v) is 4.91. The molecule has 4 heterocycles. The first-order chi connectivity index (χ1) is 17.0. The molecule has 0 radical (unpaired) electrons. The molecule has 8 nitrogen and oxygen atoms in total. The normalized spacial score (nSPS) is 19.7. The third-order valence-corrected chi connectivity index (χ3v) is 6.61. The van der Waals surface area contributed by atoms with Gasteiger partial charge in [0.2, 0.25) is 5.91 Å². The number of rotatable bonds is 4. The van der Waals surface area contributed by atoms with E-state index < -0.39 is 0 Å². The Labute approximate surface area is 204 Å². The number of anilines is 2. The Morgan fingerprint density at radius 3 is 2.57 bits per heavy atom. The monoisotopic (exact) mass is 471 g/mol. The summed E-state index contributed by atoms with van der Waals surface area (Å²) in [6, 6.07) is 15.6. The molecule has 2 aliphatic rings. The van der Waals surface area contributed by atoms with Crippen molar-refractivity contribution in [2.24, 2.45) is 0 Å². The van der Waals surface area contributed by atoms with Crippen molar-refractivity contribution in [2.75, 3.05) is 36.5 Å². The Bertz CT molecular complexity index is 1210. The SMILES string of the molecule is CC(=O)N1c2ccc(-c3ccc(C(=O)N4CCOCC4)cn3)cc2C(Nc2ccccn2)CC1C. The number of nitrogens with one attached hydrogen (secondary N) is 1. The van der Waals surface area contributed by atoms with Crippen molar-refractivity contribution in [3.8, 4) is 11.3 Å². The van der Waals surface area contributed by atoms with Crippen LogP contribution in [0.5, 0.6) is 0 Å². The van der Waals surface area contributed by atoms with Crippen LogP contribution < -0.4 is 10.2 Å². The molecule has 2 atom stereocenters. The number of benzene rings is 1. The molecule has 2 amide bonds. The zero-order valence-electron chi connectivity index (χ0n) is 20.0. The lowest BCUT2D eigenvalue weighted by Gasteiger charge is -2.39. The van der Waals surface area contributed by atoms with Crippen molar-refractivity contribution in [3.63, 3.8) is 0 Å². The van der Waals surface area contributed by atoms with Gasteiger partial charge in [-0.2, -0.15) is 0 Å². The summed E-state index contributed by atoms with van der Waals surface area (Å²) >= 11 is 0. The van der Waals surface area contributed by atoms with Crippen LogP contribution in [0.25, 0.3) is 11.3 Å². The smallest absolute Gasteiger partial charge is 0.255 e. The van der Waals surface area contributed by atoms with Crippen molar-refractivity contribution in [3.05, 3.63) is 72.1 Å². The van der Waals surface area contributed by atoms with Crippen LogP contribution in [0.3, 0.4) is 0 Å². The molecular weight excluding hydrogens is 442 g/mol. The van der Waals surface area contributed by atoms with Gasteiger partial charge in [-0.15, -0.1) is 0 Å². The fourth-order valence-electron chi connectivity index (χ4n) is 4.91. The van der Waals surface area contributed by atoms with Crippen LogP contribution in [-0.2, 0) is 9.53 Å². The molecule has 0 bridgehead atoms. The van der Waals surface area contributed by atoms with Crippen LogP contribution in [0.1, 0.15) is 42.2 Å². The average Bonchev–Trinajstić information content (AvgIpc) is 2.89. The topological polar surface area (TPSA) is 87.7 Å². The minimum absolute atomic E-state index is 0.00683. The van der Waals surface area contributed by atoms with Gasteiger partial charge in [-0.05, 0) is 55.3 Å². The number of ether oxygens (including phenoxy) is 1. The Morgan fingerprint density at radius 1 is 1.06 bits per heavy atom. The Kier molecular flexibility index (Phi) is 6.46. The highest BCUT2D eigenvalue weighted by Crippen LogP contribution is 2.40. The molecule has 1 N–H and O–H groups in total. The highest BCUT2D eigenvalue weighted by molar-refractivity contribution is 5.95. The van der Waals surface area contributed by atoms with Gasteiger partial charge in [-0.1, -0.05) is 12.1 Å². The average molecular weight is 472 g/mol. The maximum absolute atomic E-state index is 12.8. The van der Waals surface area contributed by atoms with Crippen LogP contribution in [0.4, 0.5) is 11.5 Å². The van der Waals surface area contributed by atoms with Crippen molar-refractivity contribution in [1.82, 2.24) is 14.9 Å². The number of pyridine rings is 2. The number of amides is 2. The zero-order valence-corrected chi connectivity index (χ0v) is 20.0. The second-order valence-electron chi connectivity index (χ2n) is 9.00. The van der Waals surface area contributed by atoms with Crippen molar-refractivity contribution < 1.29 is 14.3 Å². The lowest BCUT2D eigenvalue weighted by molar-refractivity contribution is -0.117. The molecule has 2 aromatic heterocycles. The van der Waals surface area contributed by atoms with E-state index in [1.54, 1.807) is 24.2 Å². The predicted molar refractivity (Wildman–Crippen MR) is 134 cm³/mol. The summed E-state index contributed by atoms with van der Waals surface area (Å²) in [4.78, 5) is 37.9. The van der Waals surface area contributed by atoms with E-state index in [4.69, 9.17) is 4.74 Å². The van der Waals surface area contributed by atoms with E-state index >= 15 is 0 Å². The Balaban J connectivity index is 1.45. The van der Waals surface area contributed by atoms with E-state index in [0.29, 0.717) is 31.9 Å². The Hall–Kier alpha value is -3.78. The van der Waals surface area contributed by atoms with E-state index in [2.05, 4.69) is 28.3 Å². The molecule has 0 saturated carbocycles. The van der Waals surface area contributed by atoms with Gasteiger partial charge in [-0.25, -0.2) is 4.98 Å². The number of hydrogen-bond acceptors (Lipinski definition) is 6. The Morgan fingerprint density at radius 2 is 1.89 bits per heavy atom. The minimum atomic E-state index is -0.0245. The second-order valence-corrected chi connectivity index (χ2v) is 9.00. The quantitative estimate of drug-likeness (QED) is 0.621. The van der Waals surface area contributed by atoms with E-state index in [0.717, 1.165) is 34.7 Å². The largest absolute Gasteiger partial charge is 0.378 e. The lowest BCUT2D eigenvalue weighted by atomic mass is 9.89. The van der Waals surface area contributed by atoms with Gasteiger partial charge in [0.15, 0.2) is 0 Å². The third-order valence-electron chi connectivity index (χ3n) is 6.61. The van der Waals surface area contributed by atoms with Crippen molar-refractivity contribution >= 4 is 23.3 Å². The van der Waals surface area contributed by atoms with E-state index in [1.807, 2.05) is 47.4 Å². The van der Waals surface area contributed by atoms with E-state index in [-0.39, 0.29) is 23.9 Å². The van der Waals surface area contributed by atoms with Gasteiger partial charge in [0.05, 0.1) is 30.5 Å². The van der Waals surface area contributed by atoms with E-state index in [1.165, 1.54) is 0 Å². The highest BCUT2D eigenvalue weighted by Gasteiger charge is 2.33. The van der Waals surface area contributed by atoms with Gasteiger partial charge in [0, 0.05) is 49.7 Å². The third kappa shape index (κ3) is 4.74. The maximum atomic E-state index is 12.8. The summed E-state index contributed by atoms with van der Waals surface area (Å²) in [7, 11) is 0. The first kappa shape index (κ1) is 23.0. The summed E-state index contributed by atoms with van der Waals surface area (Å²) in [6.07, 6.45) is 4.16. The number of fused-ring (bicyclic) bond motifs is 1. The molecule has 3 aromatic rings.